The van der Waals surface area contributed by atoms with Crippen molar-refractivity contribution in [2.45, 2.75) is 71.6 Å². The number of fused-ring (bicyclic) bond motifs is 1. The fourth-order valence-corrected chi connectivity index (χ4v) is 5.92. The number of nitrogens with one attached hydrogen (secondary N) is 1. The van der Waals surface area contributed by atoms with Crippen LogP contribution in [0.3, 0.4) is 0 Å². The third-order valence-electron chi connectivity index (χ3n) is 8.29. The topological polar surface area (TPSA) is 87.8 Å². The van der Waals surface area contributed by atoms with Crippen molar-refractivity contribution in [3.05, 3.63) is 64.2 Å². The van der Waals surface area contributed by atoms with Gasteiger partial charge < -0.3 is 25.8 Å². The summed E-state index contributed by atoms with van der Waals surface area (Å²) >= 11 is 0. The van der Waals surface area contributed by atoms with E-state index >= 15 is 0 Å². The minimum Gasteiger partial charge on any atom is -0.507 e. The van der Waals surface area contributed by atoms with Crippen molar-refractivity contribution in [3.8, 4) is 5.75 Å². The molecule has 2 aliphatic heterocycles. The summed E-state index contributed by atoms with van der Waals surface area (Å²) in [5.74, 6) is 1.24. The second kappa shape index (κ2) is 11.8. The molecule has 2 heterocycles. The van der Waals surface area contributed by atoms with Gasteiger partial charge in [0.05, 0.1) is 12.2 Å². The Kier molecular flexibility index (Phi) is 8.70. The Balaban J connectivity index is 1.31. The number of likely N-dealkylation sites (tertiary alicyclic amines) is 1. The summed E-state index contributed by atoms with van der Waals surface area (Å²) in [4.78, 5) is 15.3. The zero-order valence-corrected chi connectivity index (χ0v) is 22.3. The Morgan fingerprint density at radius 2 is 1.86 bits per heavy atom. The van der Waals surface area contributed by atoms with Gasteiger partial charge >= 0.3 is 0 Å². The van der Waals surface area contributed by atoms with Crippen LogP contribution in [0.25, 0.3) is 0 Å². The number of hydrogen-bond acceptors (Lipinski definition) is 5. The number of piperidine rings is 1. The molecule has 6 nitrogen and oxygen atoms in total. The summed E-state index contributed by atoms with van der Waals surface area (Å²) in [6.45, 7) is 11.8. The molecule has 6 heteroatoms. The number of phenolic OH excluding ortho intramolecular Hbond substituents is 1. The van der Waals surface area contributed by atoms with Crippen molar-refractivity contribution in [3.63, 3.8) is 0 Å². The van der Waals surface area contributed by atoms with Crippen LogP contribution in [0, 0.1) is 25.7 Å². The van der Waals surface area contributed by atoms with E-state index in [2.05, 4.69) is 30.1 Å². The number of nitrogens with two attached hydrogens (primary N) is 1. The van der Waals surface area contributed by atoms with Crippen molar-refractivity contribution in [2.75, 3.05) is 26.2 Å². The van der Waals surface area contributed by atoms with Crippen molar-refractivity contribution in [2.24, 2.45) is 17.6 Å². The second-order valence-corrected chi connectivity index (χ2v) is 10.9. The van der Waals surface area contributed by atoms with Crippen LogP contribution in [0.15, 0.2) is 36.4 Å². The highest BCUT2D eigenvalue weighted by Crippen LogP contribution is 2.40. The van der Waals surface area contributed by atoms with Gasteiger partial charge in [-0.3, -0.25) is 4.79 Å². The van der Waals surface area contributed by atoms with E-state index in [1.165, 1.54) is 0 Å². The zero-order chi connectivity index (χ0) is 25.8. The molecule has 0 aromatic heterocycles. The molecule has 4 atom stereocenters. The first-order valence-corrected chi connectivity index (χ1v) is 13.6. The molecular formula is C30H43N3O3. The number of phenols is 1. The third kappa shape index (κ3) is 5.93. The first-order chi connectivity index (χ1) is 17.3. The fourth-order valence-electron chi connectivity index (χ4n) is 5.92. The number of aromatic hydroxyl groups is 1. The average Bonchev–Trinajstić information content (AvgIpc) is 2.89. The molecule has 2 unspecified atom stereocenters. The Morgan fingerprint density at radius 3 is 2.50 bits per heavy atom. The molecule has 36 heavy (non-hydrogen) atoms. The average molecular weight is 494 g/mol. The highest BCUT2D eigenvalue weighted by atomic mass is 16.5. The number of nitrogens with zero attached hydrogens (tertiary/aromatic N) is 1. The molecule has 0 saturated carbocycles. The quantitative estimate of drug-likeness (QED) is 0.504. The predicted molar refractivity (Wildman–Crippen MR) is 144 cm³/mol. The highest BCUT2D eigenvalue weighted by Gasteiger charge is 2.35. The number of carbonyl (C=O) groups is 1. The molecule has 1 fully saturated rings. The first kappa shape index (κ1) is 26.6. The van der Waals surface area contributed by atoms with E-state index in [1.807, 2.05) is 44.2 Å². The summed E-state index contributed by atoms with van der Waals surface area (Å²) in [6, 6.07) is 11.9. The molecule has 4 N–H and O–H groups in total. The fraction of sp³-hybridized carbons (Fsp3) is 0.567. The molecule has 1 saturated heterocycles. The van der Waals surface area contributed by atoms with Gasteiger partial charge in [0.25, 0.3) is 5.91 Å². The van der Waals surface area contributed by atoms with Crippen LogP contribution in [-0.2, 0) is 11.2 Å². The molecule has 0 aliphatic carbocycles. The van der Waals surface area contributed by atoms with Gasteiger partial charge in [-0.25, -0.2) is 0 Å². The van der Waals surface area contributed by atoms with Gasteiger partial charge in [0.2, 0.25) is 0 Å². The van der Waals surface area contributed by atoms with Gasteiger partial charge in [0, 0.05) is 36.7 Å². The van der Waals surface area contributed by atoms with Gasteiger partial charge in [-0.1, -0.05) is 43.7 Å². The smallest absolute Gasteiger partial charge is 0.251 e. The van der Waals surface area contributed by atoms with Gasteiger partial charge in [-0.15, -0.1) is 0 Å². The lowest BCUT2D eigenvalue weighted by molar-refractivity contribution is -0.0653. The maximum absolute atomic E-state index is 12.8. The van der Waals surface area contributed by atoms with E-state index in [-0.39, 0.29) is 24.2 Å². The summed E-state index contributed by atoms with van der Waals surface area (Å²) in [6.07, 6.45) is 3.75. The van der Waals surface area contributed by atoms with Gasteiger partial charge in [-0.2, -0.15) is 0 Å². The Hall–Kier alpha value is -2.41. The lowest BCUT2D eigenvalue weighted by Crippen LogP contribution is -2.47. The van der Waals surface area contributed by atoms with Crippen molar-refractivity contribution in [1.82, 2.24) is 10.2 Å². The first-order valence-electron chi connectivity index (χ1n) is 13.6. The predicted octanol–water partition coefficient (Wildman–Crippen LogP) is 4.51. The molecule has 0 spiro atoms. The molecule has 2 aromatic carbocycles. The molecular weight excluding hydrogens is 450 g/mol. The van der Waals surface area contributed by atoms with Crippen molar-refractivity contribution < 1.29 is 14.6 Å². The minimum atomic E-state index is -0.147. The van der Waals surface area contributed by atoms with Crippen molar-refractivity contribution in [1.29, 1.82) is 0 Å². The maximum atomic E-state index is 12.8. The summed E-state index contributed by atoms with van der Waals surface area (Å²) in [5.41, 5.74) is 10.9. The number of hydrogen-bond donors (Lipinski definition) is 3. The highest BCUT2D eigenvalue weighted by molar-refractivity contribution is 5.94. The standard InChI is InChI=1S/C30H43N3O3/c1-5-26(32-30(35)23-9-6-19(2)7-10-23)21(4)18-33-14-12-22(13-15-33)27-16-25-24(28(17-31)36-27)11-8-20(3)29(25)34/h6-11,21-22,26-28,34H,5,12-18,31H2,1-4H3,(H,32,35)/t21?,26?,27-,28-/m0/s1. The van der Waals surface area contributed by atoms with E-state index in [9.17, 15) is 9.90 Å². The summed E-state index contributed by atoms with van der Waals surface area (Å²) in [5, 5.41) is 14.0. The van der Waals surface area contributed by atoms with Crippen LogP contribution in [0.5, 0.6) is 5.75 Å². The van der Waals surface area contributed by atoms with E-state index in [4.69, 9.17) is 10.5 Å². The van der Waals surface area contributed by atoms with E-state index in [0.29, 0.717) is 24.1 Å². The second-order valence-electron chi connectivity index (χ2n) is 10.9. The van der Waals surface area contributed by atoms with Crippen LogP contribution in [-0.4, -0.2) is 54.2 Å². The van der Waals surface area contributed by atoms with E-state index in [1.54, 1.807) is 0 Å². The minimum absolute atomic E-state index is 0.00934. The van der Waals surface area contributed by atoms with Gasteiger partial charge in [0.1, 0.15) is 5.75 Å². The van der Waals surface area contributed by atoms with Crippen LogP contribution in [0.4, 0.5) is 0 Å². The number of benzene rings is 2. The van der Waals surface area contributed by atoms with Gasteiger partial charge in [0.15, 0.2) is 0 Å². The molecule has 196 valence electrons. The van der Waals surface area contributed by atoms with Crippen LogP contribution >= 0.6 is 0 Å². The zero-order valence-electron chi connectivity index (χ0n) is 22.3. The van der Waals surface area contributed by atoms with Crippen LogP contribution < -0.4 is 11.1 Å². The molecule has 4 rings (SSSR count). The maximum Gasteiger partial charge on any atom is 0.251 e. The number of ether oxygens (including phenoxy) is 1. The number of aryl methyl sites for hydroxylation is 2. The summed E-state index contributed by atoms with van der Waals surface area (Å²) < 4.78 is 6.46. The summed E-state index contributed by atoms with van der Waals surface area (Å²) in [7, 11) is 0. The lowest BCUT2D eigenvalue weighted by atomic mass is 9.82. The Labute approximate surface area is 216 Å². The van der Waals surface area contributed by atoms with E-state index in [0.717, 1.165) is 73.1 Å². The van der Waals surface area contributed by atoms with E-state index < -0.39 is 0 Å². The molecule has 0 radical (unpaired) electrons. The lowest BCUT2D eigenvalue weighted by Gasteiger charge is -2.41. The van der Waals surface area contributed by atoms with Crippen molar-refractivity contribution >= 4 is 5.91 Å². The normalized spacial score (nSPS) is 22.6. The van der Waals surface area contributed by atoms with Gasteiger partial charge in [-0.05, 0) is 81.3 Å². The van der Waals surface area contributed by atoms with Crippen LogP contribution in [0.2, 0.25) is 0 Å². The molecule has 1 amide bonds. The monoisotopic (exact) mass is 493 g/mol. The number of amides is 1. The van der Waals surface area contributed by atoms with Crippen LogP contribution in [0.1, 0.15) is 71.8 Å². The third-order valence-corrected chi connectivity index (χ3v) is 8.29. The largest absolute Gasteiger partial charge is 0.507 e. The SMILES string of the molecule is CCC(NC(=O)c1ccc(C)cc1)C(C)CN1CCC([C@@H]2Cc3c(ccc(C)c3O)[C@H](CN)O2)CC1. The Bertz CT molecular complexity index is 1030. The number of rotatable bonds is 8. The number of carbonyl (C=O) groups excluding carboxylic acids is 1. The molecule has 2 aliphatic rings. The molecule has 0 bridgehead atoms. The Morgan fingerprint density at radius 1 is 1.17 bits per heavy atom. The molecule has 2 aromatic rings.